The van der Waals surface area contributed by atoms with E-state index in [9.17, 15) is 9.18 Å². The number of hydrogen-bond donors (Lipinski definition) is 2. The van der Waals surface area contributed by atoms with Crippen LogP contribution in [0.15, 0.2) is 91.0 Å². The average molecular weight is 482 g/mol. The van der Waals surface area contributed by atoms with E-state index in [2.05, 4.69) is 50.0 Å². The summed E-state index contributed by atoms with van der Waals surface area (Å²) < 4.78 is 13.5. The fraction of sp³-hybridized carbons (Fsp3) is 0.207. The third kappa shape index (κ3) is 6.12. The fourth-order valence-corrected chi connectivity index (χ4v) is 4.43. The van der Waals surface area contributed by atoms with Gasteiger partial charge in [0.1, 0.15) is 5.82 Å². The second-order valence-corrected chi connectivity index (χ2v) is 9.03. The molecule has 6 nitrogen and oxygen atoms in total. The highest BCUT2D eigenvalue weighted by atomic mass is 19.1. The predicted octanol–water partition coefficient (Wildman–Crippen LogP) is 5.42. The van der Waals surface area contributed by atoms with Gasteiger partial charge < -0.3 is 10.6 Å². The molecule has 0 saturated carbocycles. The first-order valence-electron chi connectivity index (χ1n) is 12.2. The first-order valence-corrected chi connectivity index (χ1v) is 12.2. The minimum atomic E-state index is -0.315. The van der Waals surface area contributed by atoms with Crippen molar-refractivity contribution in [2.45, 2.75) is 25.4 Å². The van der Waals surface area contributed by atoms with Crippen molar-refractivity contribution < 1.29 is 9.18 Å². The Kier molecular flexibility index (Phi) is 7.28. The highest BCUT2D eigenvalue weighted by molar-refractivity contribution is 5.95. The van der Waals surface area contributed by atoms with Crippen LogP contribution >= 0.6 is 0 Å². The number of rotatable bonds is 7. The maximum Gasteiger partial charge on any atom is 0.251 e. The molecule has 0 atom stereocenters. The summed E-state index contributed by atoms with van der Waals surface area (Å²) in [6.45, 7) is 2.87. The number of nitrogens with one attached hydrogen (secondary N) is 2. The summed E-state index contributed by atoms with van der Waals surface area (Å²) >= 11 is 0. The van der Waals surface area contributed by atoms with Gasteiger partial charge in [0.25, 0.3) is 5.91 Å². The number of piperidine rings is 1. The minimum absolute atomic E-state index is 0.0762. The summed E-state index contributed by atoms with van der Waals surface area (Å²) in [5.41, 5.74) is 3.91. The van der Waals surface area contributed by atoms with Crippen LogP contribution < -0.4 is 10.6 Å². The van der Waals surface area contributed by atoms with Gasteiger partial charge in [-0.15, -0.1) is 10.2 Å². The van der Waals surface area contributed by atoms with E-state index in [0.29, 0.717) is 22.6 Å². The van der Waals surface area contributed by atoms with E-state index in [1.807, 2.05) is 30.3 Å². The number of likely N-dealkylation sites (tertiary alicyclic amines) is 1. The lowest BCUT2D eigenvalue weighted by Crippen LogP contribution is -2.44. The Balaban J connectivity index is 1.15. The predicted molar refractivity (Wildman–Crippen MR) is 139 cm³/mol. The lowest BCUT2D eigenvalue weighted by molar-refractivity contribution is 0.0909. The molecular formula is C29H28FN5O. The standard InChI is InChI=1S/C29H28FN5O/c30-24-10-4-8-22(18-24)27-12-13-28(34-33-27)31-26-11-5-9-23(19-26)29(36)32-25-14-16-35(17-15-25)20-21-6-2-1-3-7-21/h1-13,18-19,25H,14-17,20H2,(H,31,34)(H,32,36). The summed E-state index contributed by atoms with van der Waals surface area (Å²) in [6.07, 6.45) is 1.87. The van der Waals surface area contributed by atoms with Crippen LogP contribution in [0.3, 0.4) is 0 Å². The van der Waals surface area contributed by atoms with Crippen LogP contribution in [-0.4, -0.2) is 40.1 Å². The summed E-state index contributed by atoms with van der Waals surface area (Å²) in [5.74, 6) is 0.149. The Labute approximate surface area is 210 Å². The number of carbonyl (C=O) groups excluding carboxylic acids is 1. The van der Waals surface area contributed by atoms with Gasteiger partial charge in [-0.25, -0.2) is 4.39 Å². The lowest BCUT2D eigenvalue weighted by atomic mass is 10.0. The van der Waals surface area contributed by atoms with Gasteiger partial charge in [0.15, 0.2) is 5.82 Å². The highest BCUT2D eigenvalue weighted by Crippen LogP contribution is 2.21. The van der Waals surface area contributed by atoms with E-state index in [0.717, 1.165) is 38.2 Å². The zero-order valence-corrected chi connectivity index (χ0v) is 19.9. The zero-order valence-electron chi connectivity index (χ0n) is 19.9. The number of hydrogen-bond acceptors (Lipinski definition) is 5. The minimum Gasteiger partial charge on any atom is -0.349 e. The number of carbonyl (C=O) groups is 1. The number of benzene rings is 3. The molecule has 2 heterocycles. The summed E-state index contributed by atoms with van der Waals surface area (Å²) in [6, 6.07) is 27.8. The SMILES string of the molecule is O=C(NC1CCN(Cc2ccccc2)CC1)c1cccc(Nc2ccc(-c3cccc(F)c3)nn2)c1. The van der Waals surface area contributed by atoms with Gasteiger partial charge in [-0.05, 0) is 60.9 Å². The summed E-state index contributed by atoms with van der Waals surface area (Å²) in [7, 11) is 0. The molecule has 1 amide bonds. The maximum absolute atomic E-state index is 13.5. The van der Waals surface area contributed by atoms with Crippen LogP contribution in [0.2, 0.25) is 0 Å². The molecule has 4 aromatic rings. The smallest absolute Gasteiger partial charge is 0.251 e. The van der Waals surface area contributed by atoms with Gasteiger partial charge in [0, 0.05) is 42.5 Å². The van der Waals surface area contributed by atoms with Crippen molar-refractivity contribution in [3.63, 3.8) is 0 Å². The molecule has 7 heteroatoms. The normalized spacial score (nSPS) is 14.4. The number of anilines is 2. The molecule has 1 saturated heterocycles. The lowest BCUT2D eigenvalue weighted by Gasteiger charge is -2.32. The third-order valence-corrected chi connectivity index (χ3v) is 6.35. The Morgan fingerprint density at radius 3 is 2.44 bits per heavy atom. The van der Waals surface area contributed by atoms with Crippen LogP contribution in [0.5, 0.6) is 0 Å². The summed E-state index contributed by atoms with van der Waals surface area (Å²) in [5, 5.41) is 14.8. The van der Waals surface area contributed by atoms with E-state index >= 15 is 0 Å². The van der Waals surface area contributed by atoms with Crippen molar-refractivity contribution in [2.75, 3.05) is 18.4 Å². The quantitative estimate of drug-likeness (QED) is 0.369. The first kappa shape index (κ1) is 23.6. The number of aromatic nitrogens is 2. The molecular weight excluding hydrogens is 453 g/mol. The molecule has 1 aliphatic rings. The first-order chi connectivity index (χ1) is 17.6. The zero-order chi connectivity index (χ0) is 24.7. The van der Waals surface area contributed by atoms with Gasteiger partial charge >= 0.3 is 0 Å². The summed E-state index contributed by atoms with van der Waals surface area (Å²) in [4.78, 5) is 15.3. The molecule has 1 fully saturated rings. The topological polar surface area (TPSA) is 70.2 Å². The van der Waals surface area contributed by atoms with Crippen LogP contribution in [0.25, 0.3) is 11.3 Å². The molecule has 0 unspecified atom stereocenters. The molecule has 5 rings (SSSR count). The van der Waals surface area contributed by atoms with Crippen LogP contribution in [0.4, 0.5) is 15.9 Å². The molecule has 1 aliphatic heterocycles. The molecule has 182 valence electrons. The molecule has 0 bridgehead atoms. The Hall–Kier alpha value is -4.10. The highest BCUT2D eigenvalue weighted by Gasteiger charge is 2.21. The fourth-order valence-electron chi connectivity index (χ4n) is 4.43. The molecule has 2 N–H and O–H groups in total. The van der Waals surface area contributed by atoms with Gasteiger partial charge in [-0.1, -0.05) is 48.5 Å². The van der Waals surface area contributed by atoms with E-state index < -0.39 is 0 Å². The van der Waals surface area contributed by atoms with E-state index in [1.165, 1.54) is 17.7 Å². The number of nitrogens with zero attached hydrogens (tertiary/aromatic N) is 3. The van der Waals surface area contributed by atoms with Gasteiger partial charge in [-0.2, -0.15) is 0 Å². The van der Waals surface area contributed by atoms with Crippen molar-refractivity contribution >= 4 is 17.4 Å². The van der Waals surface area contributed by atoms with Crippen LogP contribution in [0.1, 0.15) is 28.8 Å². The second kappa shape index (κ2) is 11.1. The number of amides is 1. The monoisotopic (exact) mass is 481 g/mol. The maximum atomic E-state index is 13.5. The van der Waals surface area contributed by atoms with Crippen LogP contribution in [0, 0.1) is 5.82 Å². The van der Waals surface area contributed by atoms with Crippen molar-refractivity contribution in [2.24, 2.45) is 0 Å². The molecule has 3 aromatic carbocycles. The van der Waals surface area contributed by atoms with E-state index in [4.69, 9.17) is 0 Å². The third-order valence-electron chi connectivity index (χ3n) is 6.35. The van der Waals surface area contributed by atoms with Crippen molar-refractivity contribution in [1.29, 1.82) is 0 Å². The Bertz CT molecular complexity index is 1300. The molecule has 1 aromatic heterocycles. The van der Waals surface area contributed by atoms with E-state index in [1.54, 1.807) is 24.3 Å². The average Bonchev–Trinajstić information content (AvgIpc) is 2.91. The second-order valence-electron chi connectivity index (χ2n) is 9.03. The molecule has 0 spiro atoms. The van der Waals surface area contributed by atoms with Crippen LogP contribution in [-0.2, 0) is 6.54 Å². The van der Waals surface area contributed by atoms with Gasteiger partial charge in [0.2, 0.25) is 0 Å². The number of halogens is 1. The van der Waals surface area contributed by atoms with Crippen molar-refractivity contribution in [1.82, 2.24) is 20.4 Å². The van der Waals surface area contributed by atoms with Crippen molar-refractivity contribution in [3.05, 3.63) is 108 Å². The Morgan fingerprint density at radius 1 is 0.889 bits per heavy atom. The van der Waals surface area contributed by atoms with Gasteiger partial charge in [-0.3, -0.25) is 9.69 Å². The van der Waals surface area contributed by atoms with E-state index in [-0.39, 0.29) is 17.8 Å². The molecule has 36 heavy (non-hydrogen) atoms. The van der Waals surface area contributed by atoms with Crippen molar-refractivity contribution in [3.8, 4) is 11.3 Å². The molecule has 0 radical (unpaired) electrons. The van der Waals surface area contributed by atoms with Gasteiger partial charge in [0.05, 0.1) is 5.69 Å². The largest absolute Gasteiger partial charge is 0.349 e. The Morgan fingerprint density at radius 2 is 1.69 bits per heavy atom. The molecule has 0 aliphatic carbocycles.